The van der Waals surface area contributed by atoms with Gasteiger partial charge in [-0.2, -0.15) is 13.2 Å². The Balaban J connectivity index is 2.15. The Kier molecular flexibility index (Phi) is 3.74. The summed E-state index contributed by atoms with van der Waals surface area (Å²) in [6, 6.07) is 2.46. The van der Waals surface area contributed by atoms with E-state index in [1.807, 2.05) is 0 Å². The fourth-order valence-electron chi connectivity index (χ4n) is 2.76. The first kappa shape index (κ1) is 14.2. The first-order chi connectivity index (χ1) is 8.78. The number of rotatable bonds is 2. The summed E-state index contributed by atoms with van der Waals surface area (Å²) in [7, 11) is 0. The highest BCUT2D eigenvalue weighted by Gasteiger charge is 2.35. The number of anilines is 1. The van der Waals surface area contributed by atoms with Crippen LogP contribution in [0.3, 0.4) is 0 Å². The van der Waals surface area contributed by atoms with Crippen LogP contribution in [-0.4, -0.2) is 11.0 Å². The molecular weight excluding hydrogens is 253 g/mol. The van der Waals surface area contributed by atoms with Crippen molar-refractivity contribution >= 4 is 5.82 Å². The van der Waals surface area contributed by atoms with Crippen LogP contribution in [-0.2, 0) is 6.18 Å². The van der Waals surface area contributed by atoms with Crippen LogP contribution in [0.15, 0.2) is 18.3 Å². The molecule has 2 nitrogen and oxygen atoms in total. The summed E-state index contributed by atoms with van der Waals surface area (Å²) in [5.74, 6) is -0.0438. The fourth-order valence-corrected chi connectivity index (χ4v) is 2.76. The summed E-state index contributed by atoms with van der Waals surface area (Å²) in [5, 5.41) is 2.98. The first-order valence-corrected chi connectivity index (χ1v) is 6.57. The summed E-state index contributed by atoms with van der Waals surface area (Å²) in [6.45, 7) is 4.31. The van der Waals surface area contributed by atoms with Crippen LogP contribution in [0.4, 0.5) is 19.0 Å². The predicted octanol–water partition coefficient (Wildman–Crippen LogP) is 4.48. The second-order valence-electron chi connectivity index (χ2n) is 6.00. The van der Waals surface area contributed by atoms with E-state index in [2.05, 4.69) is 24.1 Å². The molecule has 1 unspecified atom stereocenters. The molecule has 0 aliphatic heterocycles. The molecule has 0 aromatic carbocycles. The van der Waals surface area contributed by atoms with Gasteiger partial charge in [0.05, 0.1) is 5.56 Å². The Morgan fingerprint density at radius 2 is 2.11 bits per heavy atom. The molecule has 1 heterocycles. The lowest BCUT2D eigenvalue weighted by Crippen LogP contribution is -2.32. The lowest BCUT2D eigenvalue weighted by atomic mass is 9.75. The Morgan fingerprint density at radius 1 is 1.37 bits per heavy atom. The third-order valence-corrected chi connectivity index (χ3v) is 3.66. The normalized spacial score (nSPS) is 23.1. The van der Waals surface area contributed by atoms with Crippen molar-refractivity contribution < 1.29 is 13.2 Å². The van der Waals surface area contributed by atoms with Crippen molar-refractivity contribution in [2.75, 3.05) is 5.32 Å². The molecule has 1 aromatic heterocycles. The number of pyridine rings is 1. The summed E-state index contributed by atoms with van der Waals surface area (Å²) in [4.78, 5) is 3.86. The minimum absolute atomic E-state index is 0.0438. The molecule has 1 saturated carbocycles. The van der Waals surface area contributed by atoms with Crippen LogP contribution in [0.1, 0.15) is 45.1 Å². The van der Waals surface area contributed by atoms with Crippen LogP contribution in [0.25, 0.3) is 0 Å². The number of aromatic nitrogens is 1. The van der Waals surface area contributed by atoms with Crippen molar-refractivity contribution in [1.82, 2.24) is 4.98 Å². The quantitative estimate of drug-likeness (QED) is 0.858. The zero-order chi connectivity index (χ0) is 14.1. The first-order valence-electron chi connectivity index (χ1n) is 6.57. The molecule has 2 rings (SSSR count). The number of alkyl halides is 3. The third-order valence-electron chi connectivity index (χ3n) is 3.66. The molecule has 19 heavy (non-hydrogen) atoms. The average Bonchev–Trinajstić information content (AvgIpc) is 2.26. The third kappa shape index (κ3) is 3.61. The molecule has 1 N–H and O–H groups in total. The molecule has 5 heteroatoms. The summed E-state index contributed by atoms with van der Waals surface area (Å²) >= 11 is 0. The van der Waals surface area contributed by atoms with Gasteiger partial charge in [0.2, 0.25) is 0 Å². The SMILES string of the molecule is CC1(C)CCCC(Nc2ncccc2C(F)(F)F)C1. The van der Waals surface area contributed by atoms with Gasteiger partial charge in [0.1, 0.15) is 5.82 Å². The number of hydrogen-bond donors (Lipinski definition) is 1. The van der Waals surface area contributed by atoms with Gasteiger partial charge in [-0.3, -0.25) is 0 Å². The molecule has 1 fully saturated rings. The van der Waals surface area contributed by atoms with Gasteiger partial charge >= 0.3 is 6.18 Å². The number of hydrogen-bond acceptors (Lipinski definition) is 2. The number of nitrogens with zero attached hydrogens (tertiary/aromatic N) is 1. The monoisotopic (exact) mass is 272 g/mol. The van der Waals surface area contributed by atoms with E-state index < -0.39 is 11.7 Å². The van der Waals surface area contributed by atoms with Crippen molar-refractivity contribution in [1.29, 1.82) is 0 Å². The van der Waals surface area contributed by atoms with Crippen molar-refractivity contribution in [3.63, 3.8) is 0 Å². The van der Waals surface area contributed by atoms with Gasteiger partial charge in [0.15, 0.2) is 0 Å². The maximum Gasteiger partial charge on any atom is 0.419 e. The van der Waals surface area contributed by atoms with E-state index in [1.54, 1.807) is 0 Å². The Hall–Kier alpha value is -1.26. The maximum atomic E-state index is 12.9. The summed E-state index contributed by atoms with van der Waals surface area (Å²) < 4.78 is 38.6. The van der Waals surface area contributed by atoms with E-state index in [1.165, 1.54) is 12.3 Å². The molecule has 1 aliphatic carbocycles. The van der Waals surface area contributed by atoms with E-state index in [9.17, 15) is 13.2 Å². The van der Waals surface area contributed by atoms with Crippen molar-refractivity contribution in [2.24, 2.45) is 5.41 Å². The van der Waals surface area contributed by atoms with Crippen LogP contribution in [0, 0.1) is 5.41 Å². The van der Waals surface area contributed by atoms with E-state index in [0.29, 0.717) is 0 Å². The topological polar surface area (TPSA) is 24.9 Å². The highest BCUT2D eigenvalue weighted by molar-refractivity contribution is 5.46. The van der Waals surface area contributed by atoms with E-state index in [-0.39, 0.29) is 17.3 Å². The van der Waals surface area contributed by atoms with Crippen molar-refractivity contribution in [3.8, 4) is 0 Å². The van der Waals surface area contributed by atoms with Gasteiger partial charge in [-0.15, -0.1) is 0 Å². The zero-order valence-electron chi connectivity index (χ0n) is 11.2. The highest BCUT2D eigenvalue weighted by Crippen LogP contribution is 2.38. The van der Waals surface area contributed by atoms with E-state index in [0.717, 1.165) is 31.7 Å². The Bertz CT molecular complexity index is 441. The maximum absolute atomic E-state index is 12.9. The molecule has 0 saturated heterocycles. The molecule has 1 atom stereocenters. The van der Waals surface area contributed by atoms with Crippen LogP contribution < -0.4 is 5.32 Å². The highest BCUT2D eigenvalue weighted by atomic mass is 19.4. The molecule has 0 bridgehead atoms. The fraction of sp³-hybridized carbons (Fsp3) is 0.643. The molecule has 1 aromatic rings. The lowest BCUT2D eigenvalue weighted by Gasteiger charge is -2.36. The Labute approximate surface area is 111 Å². The Morgan fingerprint density at radius 3 is 2.74 bits per heavy atom. The minimum Gasteiger partial charge on any atom is -0.367 e. The zero-order valence-corrected chi connectivity index (χ0v) is 11.2. The average molecular weight is 272 g/mol. The summed E-state index contributed by atoms with van der Waals surface area (Å²) in [5.41, 5.74) is -0.498. The molecule has 1 aliphatic rings. The van der Waals surface area contributed by atoms with Crippen LogP contribution >= 0.6 is 0 Å². The lowest BCUT2D eigenvalue weighted by molar-refractivity contribution is -0.137. The van der Waals surface area contributed by atoms with Crippen molar-refractivity contribution in [2.45, 2.75) is 51.7 Å². The van der Waals surface area contributed by atoms with Gasteiger partial charge in [-0.25, -0.2) is 4.98 Å². The van der Waals surface area contributed by atoms with Gasteiger partial charge in [0.25, 0.3) is 0 Å². The standard InChI is InChI=1S/C14H19F3N2/c1-13(2)7-3-5-10(9-13)19-12-11(14(15,16)17)6-4-8-18-12/h4,6,8,10H,3,5,7,9H2,1-2H3,(H,18,19). The number of nitrogens with one attached hydrogen (secondary N) is 1. The van der Waals surface area contributed by atoms with E-state index >= 15 is 0 Å². The van der Waals surface area contributed by atoms with Crippen molar-refractivity contribution in [3.05, 3.63) is 23.9 Å². The molecule has 0 radical (unpaired) electrons. The second kappa shape index (κ2) is 5.02. The minimum atomic E-state index is -4.36. The van der Waals surface area contributed by atoms with Gasteiger partial charge < -0.3 is 5.32 Å². The van der Waals surface area contributed by atoms with Gasteiger partial charge in [0, 0.05) is 12.2 Å². The largest absolute Gasteiger partial charge is 0.419 e. The second-order valence-corrected chi connectivity index (χ2v) is 6.00. The van der Waals surface area contributed by atoms with Gasteiger partial charge in [-0.1, -0.05) is 20.3 Å². The smallest absolute Gasteiger partial charge is 0.367 e. The molecule has 0 spiro atoms. The molecule has 0 amide bonds. The van der Waals surface area contributed by atoms with Crippen LogP contribution in [0.5, 0.6) is 0 Å². The van der Waals surface area contributed by atoms with Crippen LogP contribution in [0.2, 0.25) is 0 Å². The summed E-state index contributed by atoms with van der Waals surface area (Å²) in [6.07, 6.45) is 0.975. The predicted molar refractivity (Wildman–Crippen MR) is 68.9 cm³/mol. The molecular formula is C14H19F3N2. The molecule has 106 valence electrons. The van der Waals surface area contributed by atoms with Gasteiger partial charge in [-0.05, 0) is 36.8 Å². The number of halogens is 3. The van der Waals surface area contributed by atoms with E-state index in [4.69, 9.17) is 0 Å².